The monoisotopic (exact) mass is 446 g/mol. The molecule has 1 N–H and O–H groups in total. The fourth-order valence-electron chi connectivity index (χ4n) is 3.78. The largest absolute Gasteiger partial charge is 0.323 e. The van der Waals surface area contributed by atoms with E-state index in [1.807, 2.05) is 4.57 Å². The lowest BCUT2D eigenvalue weighted by molar-refractivity contribution is -0.113. The molecule has 0 spiro atoms. The van der Waals surface area contributed by atoms with Crippen molar-refractivity contribution in [3.05, 3.63) is 59.9 Å². The summed E-state index contributed by atoms with van der Waals surface area (Å²) in [5.41, 5.74) is 0.144. The molecule has 0 saturated heterocycles. The van der Waals surface area contributed by atoms with Crippen LogP contribution in [0.1, 0.15) is 38.1 Å². The van der Waals surface area contributed by atoms with Crippen LogP contribution in [0, 0.1) is 17.5 Å². The Morgan fingerprint density at radius 2 is 1.81 bits per heavy atom. The highest BCUT2D eigenvalue weighted by molar-refractivity contribution is 7.99. The van der Waals surface area contributed by atoms with Gasteiger partial charge >= 0.3 is 0 Å². The number of rotatable bonds is 6. The van der Waals surface area contributed by atoms with Crippen molar-refractivity contribution in [2.45, 2.75) is 43.3 Å². The predicted molar refractivity (Wildman–Crippen MR) is 113 cm³/mol. The van der Waals surface area contributed by atoms with Crippen LogP contribution in [0.5, 0.6) is 0 Å². The average Bonchev–Trinajstić information content (AvgIpc) is 3.19. The van der Waals surface area contributed by atoms with Crippen LogP contribution in [-0.2, 0) is 4.79 Å². The highest BCUT2D eigenvalue weighted by Gasteiger charge is 2.25. The number of carbonyl (C=O) groups is 1. The van der Waals surface area contributed by atoms with E-state index in [1.54, 1.807) is 18.2 Å². The molecular weight excluding hydrogens is 425 g/mol. The second-order valence-electron chi connectivity index (χ2n) is 7.41. The van der Waals surface area contributed by atoms with Crippen LogP contribution < -0.4 is 5.32 Å². The van der Waals surface area contributed by atoms with Gasteiger partial charge in [0, 0.05) is 12.1 Å². The summed E-state index contributed by atoms with van der Waals surface area (Å²) >= 11 is 1.14. The minimum absolute atomic E-state index is 0.0714. The minimum atomic E-state index is -0.716. The number of amides is 1. The molecule has 31 heavy (non-hydrogen) atoms. The Labute approximate surface area is 182 Å². The molecule has 1 fully saturated rings. The summed E-state index contributed by atoms with van der Waals surface area (Å²) in [6.07, 6.45) is 5.12. The number of benzene rings is 2. The van der Waals surface area contributed by atoms with E-state index >= 15 is 0 Å². The average molecular weight is 446 g/mol. The molecule has 5 nitrogen and oxygen atoms in total. The van der Waals surface area contributed by atoms with E-state index in [-0.39, 0.29) is 23.3 Å². The van der Waals surface area contributed by atoms with Crippen molar-refractivity contribution < 1.29 is 18.0 Å². The Morgan fingerprint density at radius 3 is 2.58 bits per heavy atom. The predicted octanol–water partition coefficient (Wildman–Crippen LogP) is 5.60. The topological polar surface area (TPSA) is 59.8 Å². The zero-order valence-electron chi connectivity index (χ0n) is 16.7. The molecule has 1 saturated carbocycles. The van der Waals surface area contributed by atoms with Gasteiger partial charge < -0.3 is 5.32 Å². The van der Waals surface area contributed by atoms with Gasteiger partial charge in [-0.05, 0) is 37.1 Å². The highest BCUT2D eigenvalue weighted by Crippen LogP contribution is 2.36. The van der Waals surface area contributed by atoms with Crippen molar-refractivity contribution in [1.82, 2.24) is 14.8 Å². The molecule has 2 aromatic carbocycles. The summed E-state index contributed by atoms with van der Waals surface area (Å²) in [7, 11) is 0. The van der Waals surface area contributed by atoms with Gasteiger partial charge in [0.15, 0.2) is 11.0 Å². The molecule has 0 radical (unpaired) electrons. The third-order valence-electron chi connectivity index (χ3n) is 5.25. The van der Waals surface area contributed by atoms with Crippen LogP contribution in [-0.4, -0.2) is 26.4 Å². The molecule has 1 heterocycles. The summed E-state index contributed by atoms with van der Waals surface area (Å²) in [6.45, 7) is 0. The molecule has 9 heteroatoms. The molecule has 3 aromatic rings. The Bertz CT molecular complexity index is 1080. The first-order chi connectivity index (χ1) is 15.0. The van der Waals surface area contributed by atoms with E-state index in [1.165, 1.54) is 6.07 Å². The number of carbonyl (C=O) groups excluding carboxylic acids is 1. The number of aromatic nitrogens is 3. The Morgan fingerprint density at radius 1 is 1.03 bits per heavy atom. The van der Waals surface area contributed by atoms with Gasteiger partial charge in [-0.3, -0.25) is 9.36 Å². The van der Waals surface area contributed by atoms with E-state index in [4.69, 9.17) is 0 Å². The van der Waals surface area contributed by atoms with Crippen LogP contribution in [0.2, 0.25) is 0 Å². The molecule has 0 bridgehead atoms. The second kappa shape index (κ2) is 9.55. The summed E-state index contributed by atoms with van der Waals surface area (Å²) in [5, 5.41) is 11.3. The molecule has 162 valence electrons. The van der Waals surface area contributed by atoms with Crippen molar-refractivity contribution >= 4 is 23.4 Å². The number of nitrogens with zero attached hydrogens (tertiary/aromatic N) is 3. The lowest BCUT2D eigenvalue weighted by atomic mass is 9.95. The Hall–Kier alpha value is -2.81. The zero-order chi connectivity index (χ0) is 21.8. The first-order valence-corrected chi connectivity index (χ1v) is 11.1. The molecule has 0 atom stereocenters. The van der Waals surface area contributed by atoms with Crippen molar-refractivity contribution in [2.24, 2.45) is 0 Å². The van der Waals surface area contributed by atoms with Gasteiger partial charge in [0.1, 0.15) is 17.5 Å². The highest BCUT2D eigenvalue weighted by atomic mass is 32.2. The molecule has 1 aliphatic carbocycles. The van der Waals surface area contributed by atoms with Gasteiger partial charge in [-0.25, -0.2) is 13.2 Å². The standard InChI is InChI=1S/C22H21F3N4OS/c23-14-10-11-18(25)19(12-14)26-20(30)13-31-22-28-27-21(16-8-4-5-9-17(16)24)29(22)15-6-2-1-3-7-15/h4-5,8-12,15H,1-3,6-7,13H2,(H,26,30). The quantitative estimate of drug-likeness (QED) is 0.501. The van der Waals surface area contributed by atoms with Crippen LogP contribution in [0.25, 0.3) is 11.4 Å². The molecule has 1 amide bonds. The van der Waals surface area contributed by atoms with Crippen molar-refractivity contribution in [2.75, 3.05) is 11.1 Å². The third kappa shape index (κ3) is 4.92. The van der Waals surface area contributed by atoms with Gasteiger partial charge in [-0.2, -0.15) is 0 Å². The summed E-state index contributed by atoms with van der Waals surface area (Å²) in [5.74, 6) is -1.88. The van der Waals surface area contributed by atoms with E-state index in [0.717, 1.165) is 62.1 Å². The third-order valence-corrected chi connectivity index (χ3v) is 6.20. The van der Waals surface area contributed by atoms with Gasteiger partial charge in [0.25, 0.3) is 0 Å². The van der Waals surface area contributed by atoms with Gasteiger partial charge in [0.05, 0.1) is 17.0 Å². The Kier molecular flexibility index (Phi) is 6.60. The zero-order valence-corrected chi connectivity index (χ0v) is 17.5. The number of thioether (sulfide) groups is 1. The normalized spacial score (nSPS) is 14.5. The molecule has 1 aromatic heterocycles. The van der Waals surface area contributed by atoms with Crippen LogP contribution in [0.15, 0.2) is 47.6 Å². The number of anilines is 1. The number of hydrogen-bond acceptors (Lipinski definition) is 4. The fourth-order valence-corrected chi connectivity index (χ4v) is 4.59. The SMILES string of the molecule is O=C(CSc1nnc(-c2ccccc2F)n1C1CCCCC1)Nc1cc(F)ccc1F. The number of hydrogen-bond donors (Lipinski definition) is 1. The van der Waals surface area contributed by atoms with Crippen LogP contribution in [0.4, 0.5) is 18.9 Å². The number of nitrogens with one attached hydrogen (secondary N) is 1. The Balaban J connectivity index is 1.56. The maximum absolute atomic E-state index is 14.4. The summed E-state index contributed by atoms with van der Waals surface area (Å²) in [4.78, 5) is 12.3. The molecule has 1 aliphatic rings. The molecule has 0 unspecified atom stereocenters. The maximum atomic E-state index is 14.4. The molecular formula is C22H21F3N4OS. The van der Waals surface area contributed by atoms with Crippen molar-refractivity contribution in [3.63, 3.8) is 0 Å². The number of halogens is 3. The van der Waals surface area contributed by atoms with Gasteiger partial charge in [0.2, 0.25) is 5.91 Å². The smallest absolute Gasteiger partial charge is 0.234 e. The van der Waals surface area contributed by atoms with Crippen molar-refractivity contribution in [3.8, 4) is 11.4 Å². The first-order valence-electron chi connectivity index (χ1n) is 10.1. The van der Waals surface area contributed by atoms with E-state index in [2.05, 4.69) is 15.5 Å². The fraction of sp³-hybridized carbons (Fsp3) is 0.318. The van der Waals surface area contributed by atoms with E-state index < -0.39 is 17.5 Å². The summed E-state index contributed by atoms with van der Waals surface area (Å²) in [6, 6.07) is 9.38. The second-order valence-corrected chi connectivity index (χ2v) is 8.35. The van der Waals surface area contributed by atoms with Crippen LogP contribution >= 0.6 is 11.8 Å². The van der Waals surface area contributed by atoms with Gasteiger partial charge in [-0.15, -0.1) is 10.2 Å². The van der Waals surface area contributed by atoms with E-state index in [0.29, 0.717) is 16.5 Å². The van der Waals surface area contributed by atoms with E-state index in [9.17, 15) is 18.0 Å². The maximum Gasteiger partial charge on any atom is 0.234 e. The molecule has 0 aliphatic heterocycles. The van der Waals surface area contributed by atoms with Crippen molar-refractivity contribution in [1.29, 1.82) is 0 Å². The lowest BCUT2D eigenvalue weighted by Gasteiger charge is -2.25. The summed E-state index contributed by atoms with van der Waals surface area (Å²) < 4.78 is 43.5. The first kappa shape index (κ1) is 21.4. The van der Waals surface area contributed by atoms with Crippen LogP contribution in [0.3, 0.4) is 0 Å². The van der Waals surface area contributed by atoms with Gasteiger partial charge in [-0.1, -0.05) is 43.2 Å². The molecule has 4 rings (SSSR count). The lowest BCUT2D eigenvalue weighted by Crippen LogP contribution is -2.18. The minimum Gasteiger partial charge on any atom is -0.323 e.